The second-order valence-electron chi connectivity index (χ2n) is 2.88. The Morgan fingerprint density at radius 2 is 2.23 bits per heavy atom. The van der Waals surface area contributed by atoms with Gasteiger partial charge in [0.1, 0.15) is 0 Å². The molecule has 0 bridgehead atoms. The molecule has 0 aliphatic rings. The van der Waals surface area contributed by atoms with Crippen LogP contribution in [0.4, 0.5) is 4.39 Å². The molecule has 2 N–H and O–H groups in total. The van der Waals surface area contributed by atoms with E-state index in [0.29, 0.717) is 12.0 Å². The molecular formula is C10H14FNO. The van der Waals surface area contributed by atoms with Crippen LogP contribution in [0.1, 0.15) is 24.9 Å². The van der Waals surface area contributed by atoms with Gasteiger partial charge in [-0.2, -0.15) is 0 Å². The Kier molecular flexibility index (Phi) is 3.25. The molecule has 0 radical (unpaired) electrons. The first-order valence-electron chi connectivity index (χ1n) is 4.28. The van der Waals surface area contributed by atoms with E-state index in [-0.39, 0.29) is 17.6 Å². The number of nitrogens with two attached hydrogens (primary N) is 1. The molecule has 0 aromatic heterocycles. The largest absolute Gasteiger partial charge is 0.494 e. The molecule has 0 unspecified atom stereocenters. The molecule has 1 rings (SSSR count). The average Bonchev–Trinajstić information content (AvgIpc) is 2.17. The lowest BCUT2D eigenvalue weighted by Gasteiger charge is -2.12. The van der Waals surface area contributed by atoms with Gasteiger partial charge in [0.2, 0.25) is 0 Å². The van der Waals surface area contributed by atoms with E-state index in [1.54, 1.807) is 18.2 Å². The fourth-order valence-electron chi connectivity index (χ4n) is 1.19. The van der Waals surface area contributed by atoms with Gasteiger partial charge in [0.05, 0.1) is 7.11 Å². The summed E-state index contributed by atoms with van der Waals surface area (Å²) in [7, 11) is 1.44. The highest BCUT2D eigenvalue weighted by Gasteiger charge is 2.12. The van der Waals surface area contributed by atoms with Crippen LogP contribution in [0.25, 0.3) is 0 Å². The Morgan fingerprint density at radius 1 is 1.54 bits per heavy atom. The van der Waals surface area contributed by atoms with Gasteiger partial charge in [-0.25, -0.2) is 4.39 Å². The molecule has 0 saturated heterocycles. The Balaban J connectivity index is 3.08. The molecule has 0 spiro atoms. The Morgan fingerprint density at radius 3 is 2.77 bits per heavy atom. The van der Waals surface area contributed by atoms with Crippen LogP contribution in [0.3, 0.4) is 0 Å². The maximum absolute atomic E-state index is 13.5. The van der Waals surface area contributed by atoms with Gasteiger partial charge in [0.15, 0.2) is 11.6 Å². The van der Waals surface area contributed by atoms with Gasteiger partial charge in [-0.3, -0.25) is 0 Å². The minimum absolute atomic E-state index is 0.251. The number of benzene rings is 1. The predicted molar refractivity (Wildman–Crippen MR) is 50.2 cm³/mol. The normalized spacial score (nSPS) is 12.6. The lowest BCUT2D eigenvalue weighted by Crippen LogP contribution is -2.11. The number of hydrogen-bond donors (Lipinski definition) is 1. The fraction of sp³-hybridized carbons (Fsp3) is 0.400. The van der Waals surface area contributed by atoms with Gasteiger partial charge in [-0.15, -0.1) is 0 Å². The third-order valence-corrected chi connectivity index (χ3v) is 2.05. The first-order valence-corrected chi connectivity index (χ1v) is 4.28. The van der Waals surface area contributed by atoms with Crippen LogP contribution in [-0.2, 0) is 0 Å². The maximum Gasteiger partial charge on any atom is 0.169 e. The van der Waals surface area contributed by atoms with Crippen molar-refractivity contribution in [3.8, 4) is 5.75 Å². The molecule has 13 heavy (non-hydrogen) atoms. The zero-order valence-corrected chi connectivity index (χ0v) is 7.88. The van der Waals surface area contributed by atoms with Crippen LogP contribution in [0.2, 0.25) is 0 Å². The smallest absolute Gasteiger partial charge is 0.169 e. The van der Waals surface area contributed by atoms with E-state index >= 15 is 0 Å². The molecule has 2 nitrogen and oxygen atoms in total. The van der Waals surface area contributed by atoms with Crippen LogP contribution in [0.15, 0.2) is 18.2 Å². The molecule has 0 fully saturated rings. The average molecular weight is 183 g/mol. The van der Waals surface area contributed by atoms with Crippen molar-refractivity contribution in [3.63, 3.8) is 0 Å². The van der Waals surface area contributed by atoms with Crippen LogP contribution in [-0.4, -0.2) is 7.11 Å². The van der Waals surface area contributed by atoms with Crippen LogP contribution < -0.4 is 10.5 Å². The molecule has 0 amide bonds. The molecule has 3 heteroatoms. The number of ether oxygens (including phenoxy) is 1. The molecule has 72 valence electrons. The molecular weight excluding hydrogens is 169 g/mol. The summed E-state index contributed by atoms with van der Waals surface area (Å²) in [6, 6.07) is 4.76. The molecule has 0 aliphatic carbocycles. The number of halogens is 1. The summed E-state index contributed by atoms with van der Waals surface area (Å²) in [5.41, 5.74) is 6.24. The molecule has 0 saturated carbocycles. The van der Waals surface area contributed by atoms with Crippen molar-refractivity contribution >= 4 is 0 Å². The summed E-state index contributed by atoms with van der Waals surface area (Å²) in [6.45, 7) is 1.92. The third kappa shape index (κ3) is 1.98. The van der Waals surface area contributed by atoms with E-state index < -0.39 is 0 Å². The first-order chi connectivity index (χ1) is 6.20. The van der Waals surface area contributed by atoms with Crippen LogP contribution in [0.5, 0.6) is 5.75 Å². The predicted octanol–water partition coefficient (Wildman–Crippen LogP) is 2.24. The van der Waals surface area contributed by atoms with Crippen molar-refractivity contribution in [1.29, 1.82) is 0 Å². The number of methoxy groups -OCH3 is 1. The van der Waals surface area contributed by atoms with Crippen LogP contribution >= 0.6 is 0 Å². The van der Waals surface area contributed by atoms with Crippen molar-refractivity contribution in [2.45, 2.75) is 19.4 Å². The SMILES string of the molecule is CC[C@@H](N)c1cccc(OC)c1F. The summed E-state index contributed by atoms with van der Waals surface area (Å²) >= 11 is 0. The van der Waals surface area contributed by atoms with Crippen LogP contribution in [0, 0.1) is 5.82 Å². The quantitative estimate of drug-likeness (QED) is 0.780. The van der Waals surface area contributed by atoms with E-state index in [1.165, 1.54) is 7.11 Å². The second kappa shape index (κ2) is 4.23. The maximum atomic E-state index is 13.5. The highest BCUT2D eigenvalue weighted by molar-refractivity contribution is 5.32. The number of hydrogen-bond acceptors (Lipinski definition) is 2. The molecule has 1 aromatic carbocycles. The monoisotopic (exact) mass is 183 g/mol. The third-order valence-electron chi connectivity index (χ3n) is 2.05. The zero-order chi connectivity index (χ0) is 9.84. The van der Waals surface area contributed by atoms with Crippen molar-refractivity contribution < 1.29 is 9.13 Å². The first kappa shape index (κ1) is 9.99. The standard InChI is InChI=1S/C10H14FNO/c1-3-8(12)7-5-4-6-9(13-2)10(7)11/h4-6,8H,3,12H2,1-2H3/t8-/m1/s1. The summed E-state index contributed by atoms with van der Waals surface area (Å²) < 4.78 is 18.4. The van der Waals surface area contributed by atoms with E-state index in [1.807, 2.05) is 6.92 Å². The molecule has 1 aromatic rings. The second-order valence-corrected chi connectivity index (χ2v) is 2.88. The summed E-state index contributed by atoms with van der Waals surface area (Å²) in [5, 5.41) is 0. The van der Waals surface area contributed by atoms with Gasteiger partial charge in [-0.1, -0.05) is 19.1 Å². The lowest BCUT2D eigenvalue weighted by atomic mass is 10.0. The highest BCUT2D eigenvalue weighted by Crippen LogP contribution is 2.24. The Bertz CT molecular complexity index is 288. The van der Waals surface area contributed by atoms with Crippen molar-refractivity contribution in [2.75, 3.05) is 7.11 Å². The van der Waals surface area contributed by atoms with Crippen molar-refractivity contribution in [3.05, 3.63) is 29.6 Å². The van der Waals surface area contributed by atoms with Gasteiger partial charge < -0.3 is 10.5 Å². The summed E-state index contributed by atoms with van der Waals surface area (Å²) in [5.74, 6) is -0.0965. The fourth-order valence-corrected chi connectivity index (χ4v) is 1.19. The Labute approximate surface area is 77.5 Å². The van der Waals surface area contributed by atoms with Gasteiger partial charge >= 0.3 is 0 Å². The molecule has 1 atom stereocenters. The van der Waals surface area contributed by atoms with E-state index in [9.17, 15) is 4.39 Å². The molecule has 0 aliphatic heterocycles. The van der Waals surface area contributed by atoms with E-state index in [0.717, 1.165) is 0 Å². The van der Waals surface area contributed by atoms with Gasteiger partial charge in [-0.05, 0) is 12.5 Å². The number of rotatable bonds is 3. The molecule has 0 heterocycles. The summed E-state index contributed by atoms with van der Waals surface area (Å²) in [6.07, 6.45) is 0.712. The summed E-state index contributed by atoms with van der Waals surface area (Å²) in [4.78, 5) is 0. The van der Waals surface area contributed by atoms with E-state index in [4.69, 9.17) is 10.5 Å². The topological polar surface area (TPSA) is 35.2 Å². The van der Waals surface area contributed by atoms with Crippen molar-refractivity contribution in [2.24, 2.45) is 5.73 Å². The lowest BCUT2D eigenvalue weighted by molar-refractivity contribution is 0.382. The van der Waals surface area contributed by atoms with Gasteiger partial charge in [0, 0.05) is 11.6 Å². The zero-order valence-electron chi connectivity index (χ0n) is 7.88. The van der Waals surface area contributed by atoms with Gasteiger partial charge in [0.25, 0.3) is 0 Å². The Hall–Kier alpha value is -1.09. The minimum atomic E-state index is -0.348. The van der Waals surface area contributed by atoms with Crippen molar-refractivity contribution in [1.82, 2.24) is 0 Å². The highest BCUT2D eigenvalue weighted by atomic mass is 19.1. The van der Waals surface area contributed by atoms with E-state index in [2.05, 4.69) is 0 Å². The minimum Gasteiger partial charge on any atom is -0.494 e.